The molecule has 0 bridgehead atoms. The van der Waals surface area contributed by atoms with Crippen molar-refractivity contribution in [1.82, 2.24) is 20.2 Å². The van der Waals surface area contributed by atoms with Crippen LogP contribution in [0.4, 0.5) is 0 Å². The molecule has 0 saturated heterocycles. The Morgan fingerprint density at radius 3 is 2.43 bits per heavy atom. The second-order valence-corrected chi connectivity index (χ2v) is 9.60. The molecule has 192 valence electrons. The quantitative estimate of drug-likeness (QED) is 0.221. The van der Waals surface area contributed by atoms with Gasteiger partial charge in [0.2, 0.25) is 0 Å². The van der Waals surface area contributed by atoms with Crippen molar-refractivity contribution in [1.29, 1.82) is 0 Å². The maximum Gasteiger partial charge on any atom is 0.342 e. The molecule has 0 radical (unpaired) electrons. The molecule has 0 spiro atoms. The maximum absolute atomic E-state index is 13.3. The molecule has 5 rings (SSSR count). The number of ether oxygens (including phenoxy) is 2. The number of phenols is 1. The van der Waals surface area contributed by atoms with E-state index in [0.717, 1.165) is 25.7 Å². The number of hydrogen-bond donors (Lipinski definition) is 2. The van der Waals surface area contributed by atoms with Crippen molar-refractivity contribution in [3.05, 3.63) is 47.5 Å². The Labute approximate surface area is 214 Å². The number of amides is 1. The van der Waals surface area contributed by atoms with E-state index < -0.39 is 11.9 Å². The number of benzene rings is 3. The summed E-state index contributed by atoms with van der Waals surface area (Å²) in [5.74, 6) is -0.740. The number of rotatable bonds is 7. The third-order valence-electron chi connectivity index (χ3n) is 6.76. The van der Waals surface area contributed by atoms with E-state index in [4.69, 9.17) is 19.4 Å². The number of methoxy groups -OCH3 is 1. The smallest absolute Gasteiger partial charge is 0.342 e. The number of nitrogens with one attached hydrogen (secondary N) is 1. The summed E-state index contributed by atoms with van der Waals surface area (Å²) < 4.78 is 11.2. The molecule has 1 amide bonds. The minimum absolute atomic E-state index is 0.0488. The number of aromatic nitrogens is 2. The van der Waals surface area contributed by atoms with Crippen LogP contribution in [0.1, 0.15) is 46.4 Å². The van der Waals surface area contributed by atoms with Crippen LogP contribution in [-0.2, 0) is 4.74 Å². The van der Waals surface area contributed by atoms with Gasteiger partial charge in [0.05, 0.1) is 23.7 Å². The fourth-order valence-corrected chi connectivity index (χ4v) is 4.83. The van der Waals surface area contributed by atoms with Gasteiger partial charge >= 0.3 is 5.97 Å². The van der Waals surface area contributed by atoms with Crippen molar-refractivity contribution in [2.75, 3.05) is 34.3 Å². The van der Waals surface area contributed by atoms with E-state index in [-0.39, 0.29) is 28.5 Å². The predicted octanol–water partition coefficient (Wildman–Crippen LogP) is 4.04. The van der Waals surface area contributed by atoms with E-state index in [9.17, 15) is 14.7 Å². The first-order valence-corrected chi connectivity index (χ1v) is 12.4. The Kier molecular flexibility index (Phi) is 6.80. The fraction of sp³-hybridized carbons (Fsp3) is 0.357. The minimum atomic E-state index is -0.476. The van der Waals surface area contributed by atoms with Gasteiger partial charge in [0.25, 0.3) is 5.91 Å². The number of aromatic hydroxyl groups is 1. The van der Waals surface area contributed by atoms with Gasteiger partial charge in [0.1, 0.15) is 34.2 Å². The summed E-state index contributed by atoms with van der Waals surface area (Å²) in [4.78, 5) is 37.8. The third-order valence-corrected chi connectivity index (χ3v) is 6.76. The number of likely N-dealkylation sites (N-methyl/N-ethyl adjacent to an activating group) is 1. The lowest BCUT2D eigenvalue weighted by molar-refractivity contribution is 0.0314. The van der Waals surface area contributed by atoms with Crippen molar-refractivity contribution >= 4 is 44.7 Å². The molecule has 1 fully saturated rings. The Balaban J connectivity index is 1.68. The number of carbonyl (C=O) groups excluding carboxylic acids is 2. The summed E-state index contributed by atoms with van der Waals surface area (Å²) in [6.45, 7) is 1.04. The summed E-state index contributed by atoms with van der Waals surface area (Å²) in [6.07, 6.45) is 3.69. The number of hydrogen-bond acceptors (Lipinski definition) is 8. The van der Waals surface area contributed by atoms with E-state index in [2.05, 4.69) is 5.32 Å². The average Bonchev–Trinajstić information content (AvgIpc) is 3.40. The Bertz CT molecular complexity index is 1510. The maximum atomic E-state index is 13.3. The van der Waals surface area contributed by atoms with Gasteiger partial charge in [0, 0.05) is 29.9 Å². The molecule has 1 aromatic heterocycles. The van der Waals surface area contributed by atoms with Crippen molar-refractivity contribution < 1.29 is 24.2 Å². The normalized spacial score (nSPS) is 14.1. The molecule has 0 unspecified atom stereocenters. The minimum Gasteiger partial charge on any atom is -0.506 e. The van der Waals surface area contributed by atoms with Crippen LogP contribution in [0, 0.1) is 0 Å². The molecule has 9 heteroatoms. The Hall–Kier alpha value is -3.98. The van der Waals surface area contributed by atoms with Crippen LogP contribution in [0.15, 0.2) is 36.4 Å². The van der Waals surface area contributed by atoms with Crippen molar-refractivity contribution in [2.45, 2.75) is 31.8 Å². The largest absolute Gasteiger partial charge is 0.506 e. The molecule has 2 N–H and O–H groups in total. The molecule has 1 saturated carbocycles. The van der Waals surface area contributed by atoms with Gasteiger partial charge in [-0.2, -0.15) is 0 Å². The Morgan fingerprint density at radius 1 is 1.05 bits per heavy atom. The zero-order valence-corrected chi connectivity index (χ0v) is 21.2. The van der Waals surface area contributed by atoms with E-state index in [1.165, 1.54) is 7.11 Å². The molecule has 1 aliphatic carbocycles. The molecule has 1 heterocycles. The van der Waals surface area contributed by atoms with Gasteiger partial charge in [-0.05, 0) is 45.8 Å². The highest BCUT2D eigenvalue weighted by atomic mass is 16.5. The molecule has 37 heavy (non-hydrogen) atoms. The van der Waals surface area contributed by atoms with E-state index in [0.29, 0.717) is 46.2 Å². The Morgan fingerprint density at radius 2 is 1.73 bits per heavy atom. The highest BCUT2D eigenvalue weighted by molar-refractivity contribution is 6.19. The zero-order chi connectivity index (χ0) is 26.1. The van der Waals surface area contributed by atoms with Gasteiger partial charge < -0.3 is 24.8 Å². The van der Waals surface area contributed by atoms with Crippen molar-refractivity contribution in [3.63, 3.8) is 0 Å². The number of carbonyl (C=O) groups is 2. The highest BCUT2D eigenvalue weighted by Gasteiger charge is 2.25. The molecular weight excluding hydrogens is 472 g/mol. The van der Waals surface area contributed by atoms with Gasteiger partial charge in [-0.15, -0.1) is 0 Å². The first kappa shape index (κ1) is 24.7. The van der Waals surface area contributed by atoms with Crippen LogP contribution >= 0.6 is 0 Å². The van der Waals surface area contributed by atoms with Gasteiger partial charge in [-0.1, -0.05) is 24.3 Å². The van der Waals surface area contributed by atoms with Crippen LogP contribution in [0.2, 0.25) is 0 Å². The average molecular weight is 503 g/mol. The molecule has 3 aromatic carbocycles. The first-order chi connectivity index (χ1) is 17.9. The van der Waals surface area contributed by atoms with Crippen LogP contribution in [0.5, 0.6) is 11.5 Å². The zero-order valence-electron chi connectivity index (χ0n) is 21.2. The summed E-state index contributed by atoms with van der Waals surface area (Å²) in [5, 5.41) is 15.2. The predicted molar refractivity (Wildman–Crippen MR) is 141 cm³/mol. The molecular formula is C28H30N4O5. The number of fused-ring (bicyclic) bond motifs is 4. The van der Waals surface area contributed by atoms with Crippen molar-refractivity contribution in [2.24, 2.45) is 0 Å². The summed E-state index contributed by atoms with van der Waals surface area (Å²) in [7, 11) is 5.32. The molecule has 9 nitrogen and oxygen atoms in total. The lowest BCUT2D eigenvalue weighted by Crippen LogP contribution is -2.31. The van der Waals surface area contributed by atoms with Crippen LogP contribution < -0.4 is 10.1 Å². The van der Waals surface area contributed by atoms with Gasteiger partial charge in [-0.3, -0.25) is 4.79 Å². The fourth-order valence-electron chi connectivity index (χ4n) is 4.83. The molecule has 0 atom stereocenters. The van der Waals surface area contributed by atoms with Gasteiger partial charge in [-0.25, -0.2) is 14.8 Å². The molecule has 0 aliphatic heterocycles. The van der Waals surface area contributed by atoms with Crippen LogP contribution in [0.3, 0.4) is 0 Å². The highest BCUT2D eigenvalue weighted by Crippen LogP contribution is 2.37. The topological polar surface area (TPSA) is 114 Å². The number of phenolic OH excluding ortho intramolecular Hbond substituents is 1. The van der Waals surface area contributed by atoms with Crippen LogP contribution in [0.25, 0.3) is 32.8 Å². The van der Waals surface area contributed by atoms with E-state index in [1.54, 1.807) is 24.3 Å². The SMILES string of the molecule is COc1cc2nc3c(nc2cc1C(=O)OC1CCCC1)c(C(=O)NCCN(C)C)c(O)c1ccccc13. The lowest BCUT2D eigenvalue weighted by atomic mass is 10.0. The van der Waals surface area contributed by atoms with Crippen LogP contribution in [-0.4, -0.2) is 72.2 Å². The number of nitrogens with zero attached hydrogens (tertiary/aromatic N) is 3. The number of esters is 1. The summed E-state index contributed by atoms with van der Waals surface area (Å²) in [5.41, 5.74) is 1.92. The van der Waals surface area contributed by atoms with E-state index in [1.807, 2.05) is 31.1 Å². The van der Waals surface area contributed by atoms with Gasteiger partial charge in [0.15, 0.2) is 0 Å². The van der Waals surface area contributed by atoms with Crippen molar-refractivity contribution in [3.8, 4) is 11.5 Å². The monoisotopic (exact) mass is 502 g/mol. The summed E-state index contributed by atoms with van der Waals surface area (Å²) >= 11 is 0. The first-order valence-electron chi connectivity index (χ1n) is 12.4. The molecule has 4 aromatic rings. The second kappa shape index (κ2) is 10.2. The lowest BCUT2D eigenvalue weighted by Gasteiger charge is -2.16. The molecule has 1 aliphatic rings. The third kappa shape index (κ3) is 4.74. The van der Waals surface area contributed by atoms with E-state index >= 15 is 0 Å². The standard InChI is InChI=1S/C28H30N4O5/c1-32(2)13-12-29-27(34)23-25-24(17-10-6-7-11-18(17)26(23)33)30-21-15-22(36-3)19(14-20(21)31-25)28(35)37-16-8-4-5-9-16/h6-7,10-11,14-16,33H,4-5,8-9,12-13H2,1-3H3,(H,29,34). The summed E-state index contributed by atoms with van der Waals surface area (Å²) in [6, 6.07) is 10.4. The second-order valence-electron chi connectivity index (χ2n) is 9.60.